The molecular formula is C19H21ClO3. The fourth-order valence-electron chi connectivity index (χ4n) is 2.37. The maximum Gasteiger partial charge on any atom is 0.332 e. The van der Waals surface area contributed by atoms with Crippen LogP contribution in [0.5, 0.6) is 0 Å². The number of halogens is 1. The molecule has 0 aliphatic heterocycles. The number of carbonyl (C=O) groups is 1. The predicted molar refractivity (Wildman–Crippen MR) is 92.9 cm³/mol. The Morgan fingerprint density at radius 3 is 2.17 bits per heavy atom. The van der Waals surface area contributed by atoms with Gasteiger partial charge in [-0.15, -0.1) is 0 Å². The molecule has 3 nitrogen and oxygen atoms in total. The minimum absolute atomic E-state index is 0.414. The van der Waals surface area contributed by atoms with Gasteiger partial charge in [-0.3, -0.25) is 0 Å². The average molecular weight is 333 g/mol. The molecule has 0 spiro atoms. The van der Waals surface area contributed by atoms with E-state index in [0.29, 0.717) is 19.4 Å². The Hall–Kier alpha value is -1.84. The second-order valence-corrected chi connectivity index (χ2v) is 5.88. The molecular weight excluding hydrogens is 312 g/mol. The third kappa shape index (κ3) is 5.38. The lowest BCUT2D eigenvalue weighted by molar-refractivity contribution is -0.150. The zero-order chi connectivity index (χ0) is 16.7. The maximum absolute atomic E-state index is 11.0. The zero-order valence-electron chi connectivity index (χ0n) is 13.2. The summed E-state index contributed by atoms with van der Waals surface area (Å²) in [6, 6.07) is 15.9. The van der Waals surface area contributed by atoms with E-state index in [1.807, 2.05) is 43.3 Å². The minimum atomic E-state index is -0.884. The van der Waals surface area contributed by atoms with Crippen molar-refractivity contribution in [2.45, 2.75) is 32.3 Å². The lowest BCUT2D eigenvalue weighted by Gasteiger charge is -2.12. The van der Waals surface area contributed by atoms with Crippen molar-refractivity contribution in [2.24, 2.45) is 0 Å². The van der Waals surface area contributed by atoms with Crippen LogP contribution in [0.1, 0.15) is 25.3 Å². The second kappa shape index (κ2) is 8.70. The summed E-state index contributed by atoms with van der Waals surface area (Å²) >= 11 is 5.90. The van der Waals surface area contributed by atoms with Crippen LogP contribution < -0.4 is 0 Å². The first-order chi connectivity index (χ1) is 11.1. The fourth-order valence-corrected chi connectivity index (χ4v) is 2.49. The van der Waals surface area contributed by atoms with Gasteiger partial charge in [0.1, 0.15) is 0 Å². The molecule has 0 aromatic heterocycles. The molecule has 2 aromatic carbocycles. The Morgan fingerprint density at radius 1 is 1.09 bits per heavy atom. The first-order valence-corrected chi connectivity index (χ1v) is 8.17. The number of benzene rings is 2. The molecule has 0 aliphatic rings. The number of carboxylic acids is 1. The molecule has 0 saturated carbocycles. The van der Waals surface area contributed by atoms with Gasteiger partial charge in [0.05, 0.1) is 6.61 Å². The summed E-state index contributed by atoms with van der Waals surface area (Å²) in [6.07, 6.45) is 1.35. The van der Waals surface area contributed by atoms with Gasteiger partial charge in [-0.2, -0.15) is 0 Å². The van der Waals surface area contributed by atoms with Gasteiger partial charge in [0.15, 0.2) is 6.10 Å². The molecule has 23 heavy (non-hydrogen) atoms. The van der Waals surface area contributed by atoms with E-state index in [-0.39, 0.29) is 0 Å². The highest BCUT2D eigenvalue weighted by molar-refractivity contribution is 6.30. The van der Waals surface area contributed by atoms with E-state index in [9.17, 15) is 4.79 Å². The number of hydrogen-bond acceptors (Lipinski definition) is 2. The molecule has 1 atom stereocenters. The summed E-state index contributed by atoms with van der Waals surface area (Å²) in [5, 5.41) is 9.77. The van der Waals surface area contributed by atoms with Gasteiger partial charge in [0.25, 0.3) is 0 Å². The van der Waals surface area contributed by atoms with Crippen molar-refractivity contribution in [3.63, 3.8) is 0 Å². The summed E-state index contributed by atoms with van der Waals surface area (Å²) in [6.45, 7) is 2.37. The van der Waals surface area contributed by atoms with E-state index in [1.54, 1.807) is 0 Å². The molecule has 1 unspecified atom stereocenters. The molecule has 0 heterocycles. The number of rotatable bonds is 8. The third-order valence-electron chi connectivity index (χ3n) is 3.67. The normalized spacial score (nSPS) is 12.1. The molecule has 4 heteroatoms. The van der Waals surface area contributed by atoms with Crippen LogP contribution in [0.2, 0.25) is 5.02 Å². The highest BCUT2D eigenvalue weighted by Crippen LogP contribution is 2.22. The van der Waals surface area contributed by atoms with Crippen molar-refractivity contribution in [3.8, 4) is 11.1 Å². The number of carboxylic acid groups (broad SMARTS) is 1. The topological polar surface area (TPSA) is 46.5 Å². The number of aliphatic carboxylic acids is 1. The molecule has 0 fully saturated rings. The van der Waals surface area contributed by atoms with Crippen LogP contribution in [0.4, 0.5) is 0 Å². The van der Waals surface area contributed by atoms with Crippen molar-refractivity contribution in [1.29, 1.82) is 0 Å². The van der Waals surface area contributed by atoms with Gasteiger partial charge in [0.2, 0.25) is 0 Å². The summed E-state index contributed by atoms with van der Waals surface area (Å²) in [5.74, 6) is -0.884. The van der Waals surface area contributed by atoms with Crippen LogP contribution in [0.3, 0.4) is 0 Å². The average Bonchev–Trinajstić information content (AvgIpc) is 2.55. The highest BCUT2D eigenvalue weighted by Gasteiger charge is 2.16. The summed E-state index contributed by atoms with van der Waals surface area (Å²) in [4.78, 5) is 11.0. The lowest BCUT2D eigenvalue weighted by atomic mass is 10.0. The summed E-state index contributed by atoms with van der Waals surface area (Å²) in [5.41, 5.74) is 3.37. The highest BCUT2D eigenvalue weighted by atomic mass is 35.5. The van der Waals surface area contributed by atoms with E-state index in [4.69, 9.17) is 21.4 Å². The molecule has 0 bridgehead atoms. The van der Waals surface area contributed by atoms with E-state index in [0.717, 1.165) is 28.1 Å². The summed E-state index contributed by atoms with van der Waals surface area (Å²) in [7, 11) is 0. The predicted octanol–water partition coefficient (Wildman–Crippen LogP) is 4.82. The van der Waals surface area contributed by atoms with E-state index in [2.05, 4.69) is 12.1 Å². The smallest absolute Gasteiger partial charge is 0.332 e. The van der Waals surface area contributed by atoms with E-state index < -0.39 is 12.1 Å². The van der Waals surface area contributed by atoms with Gasteiger partial charge in [-0.25, -0.2) is 4.79 Å². The Kier molecular flexibility index (Phi) is 6.63. The zero-order valence-corrected chi connectivity index (χ0v) is 13.9. The monoisotopic (exact) mass is 332 g/mol. The lowest BCUT2D eigenvalue weighted by Crippen LogP contribution is -2.24. The van der Waals surface area contributed by atoms with Crippen LogP contribution in [0.25, 0.3) is 11.1 Å². The molecule has 0 aliphatic carbocycles. The Balaban J connectivity index is 1.90. The molecule has 0 saturated heterocycles. The van der Waals surface area contributed by atoms with Crippen molar-refractivity contribution >= 4 is 17.6 Å². The Bertz CT molecular complexity index is 620. The summed E-state index contributed by atoms with van der Waals surface area (Å²) < 4.78 is 5.46. The van der Waals surface area contributed by atoms with Gasteiger partial charge < -0.3 is 9.84 Å². The standard InChI is InChI=1S/C19H21ClO3/c1-2-3-18(19(21)22)23-13-12-14-4-6-15(7-5-14)16-8-10-17(20)11-9-16/h4-11,18H,2-3,12-13H2,1H3,(H,21,22). The van der Waals surface area contributed by atoms with Gasteiger partial charge in [0, 0.05) is 5.02 Å². The molecule has 0 amide bonds. The second-order valence-electron chi connectivity index (χ2n) is 5.44. The van der Waals surface area contributed by atoms with Crippen LogP contribution in [0, 0.1) is 0 Å². The largest absolute Gasteiger partial charge is 0.479 e. The van der Waals surface area contributed by atoms with Crippen LogP contribution in [-0.2, 0) is 16.0 Å². The Morgan fingerprint density at radius 2 is 1.65 bits per heavy atom. The SMILES string of the molecule is CCCC(OCCc1ccc(-c2ccc(Cl)cc2)cc1)C(=O)O. The first kappa shape index (κ1) is 17.5. The van der Waals surface area contributed by atoms with Crippen LogP contribution >= 0.6 is 11.6 Å². The van der Waals surface area contributed by atoms with Crippen LogP contribution in [-0.4, -0.2) is 23.8 Å². The van der Waals surface area contributed by atoms with Crippen LogP contribution in [0.15, 0.2) is 48.5 Å². The third-order valence-corrected chi connectivity index (χ3v) is 3.92. The number of hydrogen-bond donors (Lipinski definition) is 1. The van der Waals surface area contributed by atoms with Gasteiger partial charge in [-0.05, 0) is 41.7 Å². The molecule has 2 rings (SSSR count). The minimum Gasteiger partial charge on any atom is -0.479 e. The van der Waals surface area contributed by atoms with Crippen molar-refractivity contribution in [2.75, 3.05) is 6.61 Å². The molecule has 2 aromatic rings. The Labute approximate surface area is 141 Å². The maximum atomic E-state index is 11.0. The van der Waals surface area contributed by atoms with E-state index >= 15 is 0 Å². The van der Waals surface area contributed by atoms with E-state index in [1.165, 1.54) is 0 Å². The van der Waals surface area contributed by atoms with Crippen molar-refractivity contribution in [3.05, 3.63) is 59.1 Å². The van der Waals surface area contributed by atoms with Gasteiger partial charge >= 0.3 is 5.97 Å². The molecule has 1 N–H and O–H groups in total. The van der Waals surface area contributed by atoms with Crippen molar-refractivity contribution in [1.82, 2.24) is 0 Å². The van der Waals surface area contributed by atoms with Gasteiger partial charge in [-0.1, -0.05) is 61.3 Å². The first-order valence-electron chi connectivity index (χ1n) is 7.79. The molecule has 122 valence electrons. The fraction of sp³-hybridized carbons (Fsp3) is 0.316. The number of ether oxygens (including phenoxy) is 1. The molecule has 0 radical (unpaired) electrons. The quantitative estimate of drug-likeness (QED) is 0.753. The van der Waals surface area contributed by atoms with Crippen molar-refractivity contribution < 1.29 is 14.6 Å².